The summed E-state index contributed by atoms with van der Waals surface area (Å²) < 4.78 is 16.2. The van der Waals surface area contributed by atoms with E-state index in [1.807, 2.05) is 146 Å². The van der Waals surface area contributed by atoms with Crippen molar-refractivity contribution in [3.05, 3.63) is 239 Å². The van der Waals surface area contributed by atoms with Crippen molar-refractivity contribution in [2.24, 2.45) is 0 Å². The largest absolute Gasteiger partial charge is 0.460 e. The van der Waals surface area contributed by atoms with E-state index < -0.39 is 107 Å². The minimum absolute atomic E-state index is 0.0124. The Bertz CT molecular complexity index is 3460. The van der Waals surface area contributed by atoms with Crippen molar-refractivity contribution in [3.63, 3.8) is 0 Å². The lowest BCUT2D eigenvalue weighted by molar-refractivity contribution is -0.156. The number of Topliss-reactive ketones (excluding diaryl/α,β-unsaturated/α-hetero) is 1. The number of ketones is 1. The summed E-state index contributed by atoms with van der Waals surface area (Å²) in [5.41, 5.74) is 6.12. The number of rotatable bonds is 26. The van der Waals surface area contributed by atoms with E-state index >= 15 is 0 Å². The van der Waals surface area contributed by atoms with Gasteiger partial charge in [0.2, 0.25) is 23.6 Å². The second-order valence-corrected chi connectivity index (χ2v) is 25.3. The maximum Gasteiger partial charge on any atom is 0.408 e. The van der Waals surface area contributed by atoms with Crippen LogP contribution < -0.4 is 31.9 Å². The van der Waals surface area contributed by atoms with Gasteiger partial charge < -0.3 is 46.1 Å². The third-order valence-corrected chi connectivity index (χ3v) is 16.5. The zero-order chi connectivity index (χ0) is 64.4. The van der Waals surface area contributed by atoms with Gasteiger partial charge in [-0.25, -0.2) is 9.59 Å². The molecular formula is C72H78N6O11S. The van der Waals surface area contributed by atoms with E-state index in [0.29, 0.717) is 11.1 Å². The number of fused-ring (bicyclic) bond motifs is 3. The number of alkyl carbamates (subject to hydrolysis) is 2. The van der Waals surface area contributed by atoms with Gasteiger partial charge in [-0.3, -0.25) is 28.8 Å². The molecule has 6 amide bonds. The Balaban J connectivity index is 1.03. The van der Waals surface area contributed by atoms with Crippen molar-refractivity contribution in [3.8, 4) is 11.1 Å². The molecule has 18 heteroatoms. The molecular weight excluding hydrogens is 1160 g/mol. The van der Waals surface area contributed by atoms with Gasteiger partial charge in [0, 0.05) is 31.1 Å². The Hall–Kier alpha value is -9.55. The lowest BCUT2D eigenvalue weighted by atomic mass is 9.84. The summed E-state index contributed by atoms with van der Waals surface area (Å²) >= 11 is 1.43. The van der Waals surface area contributed by atoms with Crippen LogP contribution in [0.3, 0.4) is 0 Å². The van der Waals surface area contributed by atoms with Crippen LogP contribution >= 0.6 is 11.8 Å². The highest BCUT2D eigenvalue weighted by molar-refractivity contribution is 8.00. The highest BCUT2D eigenvalue weighted by Gasteiger charge is 2.40. The van der Waals surface area contributed by atoms with E-state index in [1.54, 1.807) is 96.1 Å². The average molecular weight is 1240 g/mol. The number of carbonyl (C=O) groups is 8. The minimum atomic E-state index is -1.70. The summed E-state index contributed by atoms with van der Waals surface area (Å²) in [5.74, 6) is -4.97. The standard InChI is InChI=1S/C72H78N6O11S/c1-47(79)62(46-90-72(50-31-17-10-18-32-50,51-33-19-11-20-34-51)52-35-21-12-22-36-52)76-66(83)60(43-63(80)88-70(2,3)4)75-67(84)61(78-69(86)89-71(5,6)7)44-73-64(81)58(41-48-27-13-8-14-28-48)74-65(82)59(42-49-29-15-9-16-30-49)77-68(85)87-45-57-55-39-25-23-37-53(55)54-38-24-26-40-56(54)57/h8-40,57-62H,41-46H2,1-7H3,(H,73,81)(H,74,82)(H,75,84)(H,76,83)(H,77,85)(H,78,86)/t58-,59+,60-,61-,62-/m0/s1. The van der Waals surface area contributed by atoms with Crippen molar-refractivity contribution in [2.45, 2.75) is 120 Å². The molecule has 7 aromatic carbocycles. The average Bonchev–Trinajstić information content (AvgIpc) is 1.97. The summed E-state index contributed by atoms with van der Waals surface area (Å²) in [7, 11) is 0. The maximum absolute atomic E-state index is 14.8. The Morgan fingerprint density at radius 2 is 0.822 bits per heavy atom. The van der Waals surface area contributed by atoms with Crippen LogP contribution in [0.1, 0.15) is 99.7 Å². The highest BCUT2D eigenvalue weighted by atomic mass is 32.2. The van der Waals surface area contributed by atoms with Gasteiger partial charge in [-0.1, -0.05) is 200 Å². The second kappa shape index (κ2) is 30.6. The smallest absolute Gasteiger partial charge is 0.408 e. The normalized spacial score (nSPS) is 13.7. The molecule has 0 saturated carbocycles. The number of hydrogen-bond donors (Lipinski definition) is 6. The molecule has 90 heavy (non-hydrogen) atoms. The molecule has 468 valence electrons. The number of amides is 6. The molecule has 0 heterocycles. The summed E-state index contributed by atoms with van der Waals surface area (Å²) in [5, 5.41) is 16.2. The van der Waals surface area contributed by atoms with Crippen molar-refractivity contribution in [2.75, 3.05) is 18.9 Å². The Morgan fingerprint density at radius 1 is 0.433 bits per heavy atom. The minimum Gasteiger partial charge on any atom is -0.460 e. The fourth-order valence-corrected chi connectivity index (χ4v) is 12.3. The number of ether oxygens (including phenoxy) is 3. The van der Waals surface area contributed by atoms with Gasteiger partial charge >= 0.3 is 18.2 Å². The zero-order valence-electron chi connectivity index (χ0n) is 51.7. The number of esters is 1. The summed E-state index contributed by atoms with van der Waals surface area (Å²) in [6, 6.07) is 55.9. The lowest BCUT2D eigenvalue weighted by Gasteiger charge is -2.36. The van der Waals surface area contributed by atoms with Gasteiger partial charge in [-0.15, -0.1) is 11.8 Å². The van der Waals surface area contributed by atoms with Crippen LogP contribution in [-0.2, 0) is 60.6 Å². The molecule has 0 fully saturated rings. The molecule has 0 radical (unpaired) electrons. The predicted octanol–water partition coefficient (Wildman–Crippen LogP) is 9.89. The predicted molar refractivity (Wildman–Crippen MR) is 347 cm³/mol. The molecule has 0 bridgehead atoms. The third kappa shape index (κ3) is 18.3. The van der Waals surface area contributed by atoms with Crippen LogP contribution in [0.4, 0.5) is 9.59 Å². The van der Waals surface area contributed by atoms with Crippen molar-refractivity contribution < 1.29 is 52.6 Å². The first kappa shape index (κ1) is 66.4. The fourth-order valence-electron chi connectivity index (χ4n) is 10.7. The molecule has 1 aliphatic carbocycles. The van der Waals surface area contributed by atoms with E-state index in [-0.39, 0.29) is 31.1 Å². The zero-order valence-corrected chi connectivity index (χ0v) is 52.5. The van der Waals surface area contributed by atoms with Gasteiger partial charge in [0.05, 0.1) is 17.2 Å². The van der Waals surface area contributed by atoms with Crippen molar-refractivity contribution >= 4 is 59.3 Å². The number of benzene rings is 7. The first-order valence-corrected chi connectivity index (χ1v) is 31.0. The van der Waals surface area contributed by atoms with Gasteiger partial charge in [-0.05, 0) is 98.5 Å². The second-order valence-electron chi connectivity index (χ2n) is 24.0. The molecule has 0 aliphatic heterocycles. The first-order valence-electron chi connectivity index (χ1n) is 30.0. The molecule has 0 aromatic heterocycles. The van der Waals surface area contributed by atoms with Gasteiger partial charge in [0.1, 0.15) is 42.0 Å². The monoisotopic (exact) mass is 1230 g/mol. The maximum atomic E-state index is 14.8. The summed E-state index contributed by atoms with van der Waals surface area (Å²) in [6.07, 6.45) is -2.67. The van der Waals surface area contributed by atoms with Crippen molar-refractivity contribution in [1.29, 1.82) is 0 Å². The topological polar surface area (TPSA) is 236 Å². The molecule has 1 aliphatic rings. The van der Waals surface area contributed by atoms with Crippen molar-refractivity contribution in [1.82, 2.24) is 31.9 Å². The first-order chi connectivity index (χ1) is 43.1. The number of thioether (sulfide) groups is 1. The van der Waals surface area contributed by atoms with E-state index in [1.165, 1.54) is 18.7 Å². The highest BCUT2D eigenvalue weighted by Crippen LogP contribution is 2.49. The molecule has 0 unspecified atom stereocenters. The van der Waals surface area contributed by atoms with Gasteiger partial charge in [0.25, 0.3) is 0 Å². The molecule has 0 saturated heterocycles. The van der Waals surface area contributed by atoms with Crippen LogP contribution in [-0.4, -0.2) is 108 Å². The number of hydrogen-bond acceptors (Lipinski definition) is 12. The van der Waals surface area contributed by atoms with Crippen LogP contribution in [0.15, 0.2) is 200 Å². The van der Waals surface area contributed by atoms with E-state index in [4.69, 9.17) is 14.2 Å². The van der Waals surface area contributed by atoms with Crippen LogP contribution in [0.2, 0.25) is 0 Å². The van der Waals surface area contributed by atoms with Crippen LogP contribution in [0.5, 0.6) is 0 Å². The SMILES string of the molecule is CC(=O)[C@H](CSC(c1ccccc1)(c1ccccc1)c1ccccc1)NC(=O)[C@H](CC(=O)OC(C)(C)C)NC(=O)[C@H](CNC(=O)[C@H](Cc1ccccc1)NC(=O)[C@@H](Cc1ccccc1)NC(=O)OCC1c2ccccc2-c2ccccc21)NC(=O)OC(C)(C)C. The molecule has 17 nitrogen and oxygen atoms in total. The number of nitrogens with one attached hydrogen (secondary N) is 6. The molecule has 8 rings (SSSR count). The molecule has 0 spiro atoms. The van der Waals surface area contributed by atoms with E-state index in [0.717, 1.165) is 38.9 Å². The van der Waals surface area contributed by atoms with Gasteiger partial charge in [0.15, 0.2) is 5.78 Å². The van der Waals surface area contributed by atoms with Crippen LogP contribution in [0, 0.1) is 0 Å². The summed E-state index contributed by atoms with van der Waals surface area (Å²) in [4.78, 5) is 114. The molecule has 6 N–H and O–H groups in total. The third-order valence-electron chi connectivity index (χ3n) is 14.9. The quantitative estimate of drug-likeness (QED) is 0.0169. The lowest BCUT2D eigenvalue weighted by Crippen LogP contribution is -2.60. The van der Waals surface area contributed by atoms with Crippen LogP contribution in [0.25, 0.3) is 11.1 Å². The molecule has 7 aromatic rings. The Morgan fingerprint density at radius 3 is 1.29 bits per heavy atom. The van der Waals surface area contributed by atoms with E-state index in [2.05, 4.69) is 31.9 Å². The summed E-state index contributed by atoms with van der Waals surface area (Å²) in [6.45, 7) is 10.4. The Kier molecular flexibility index (Phi) is 22.6. The van der Waals surface area contributed by atoms with Gasteiger partial charge in [-0.2, -0.15) is 0 Å². The van der Waals surface area contributed by atoms with E-state index in [9.17, 15) is 38.4 Å². The Labute approximate surface area is 530 Å². The molecule has 5 atom stereocenters. The number of carbonyl (C=O) groups excluding carboxylic acids is 8. The fraction of sp³-hybridized carbons (Fsp3) is 0.306.